The van der Waals surface area contributed by atoms with Crippen molar-refractivity contribution in [2.75, 3.05) is 25.4 Å². The first-order valence-electron chi connectivity index (χ1n) is 10.2. The minimum atomic E-state index is 0.134. The van der Waals surface area contributed by atoms with E-state index in [1.54, 1.807) is 23.1 Å². The Morgan fingerprint density at radius 1 is 1.18 bits per heavy atom. The van der Waals surface area contributed by atoms with E-state index in [1.807, 2.05) is 11.5 Å². The molecule has 6 heteroatoms. The maximum Gasteiger partial charge on any atom is 0.263 e. The topological polar surface area (TPSA) is 38.1 Å². The van der Waals surface area contributed by atoms with Crippen molar-refractivity contribution in [3.63, 3.8) is 0 Å². The van der Waals surface area contributed by atoms with Crippen molar-refractivity contribution in [1.29, 1.82) is 0 Å². The maximum absolute atomic E-state index is 13.3. The largest absolute Gasteiger partial charge is 0.303 e. The quantitative estimate of drug-likeness (QED) is 0.416. The summed E-state index contributed by atoms with van der Waals surface area (Å²) in [5.41, 5.74) is 4.00. The average Bonchev–Trinajstić information content (AvgIpc) is 3.10. The Bertz CT molecular complexity index is 1050. The second kappa shape index (κ2) is 8.39. The van der Waals surface area contributed by atoms with Gasteiger partial charge in [0.25, 0.3) is 5.56 Å². The third-order valence-electron chi connectivity index (χ3n) is 5.63. The molecule has 0 bridgehead atoms. The van der Waals surface area contributed by atoms with Crippen molar-refractivity contribution in [3.8, 4) is 10.4 Å². The molecule has 1 aliphatic carbocycles. The van der Waals surface area contributed by atoms with Crippen LogP contribution in [-0.4, -0.2) is 39.8 Å². The molecular weight excluding hydrogens is 386 g/mol. The molecule has 2 heterocycles. The van der Waals surface area contributed by atoms with E-state index >= 15 is 0 Å². The third kappa shape index (κ3) is 3.42. The van der Waals surface area contributed by atoms with Crippen LogP contribution in [0.3, 0.4) is 0 Å². The first-order valence-corrected chi connectivity index (χ1v) is 12.0. The van der Waals surface area contributed by atoms with Gasteiger partial charge in [0.15, 0.2) is 5.16 Å². The predicted octanol–water partition coefficient (Wildman–Crippen LogP) is 4.68. The third-order valence-corrected chi connectivity index (χ3v) is 7.75. The molecular formula is C22H27N3OS2. The van der Waals surface area contributed by atoms with Crippen molar-refractivity contribution in [1.82, 2.24) is 14.5 Å². The fourth-order valence-electron chi connectivity index (χ4n) is 3.99. The molecule has 4 nitrogen and oxygen atoms in total. The number of benzene rings is 1. The highest BCUT2D eigenvalue weighted by molar-refractivity contribution is 7.99. The lowest BCUT2D eigenvalue weighted by Gasteiger charge is -2.18. The lowest BCUT2D eigenvalue weighted by Crippen LogP contribution is -2.26. The molecule has 0 saturated carbocycles. The monoisotopic (exact) mass is 413 g/mol. The Morgan fingerprint density at radius 3 is 2.71 bits per heavy atom. The van der Waals surface area contributed by atoms with Crippen LogP contribution in [0.2, 0.25) is 0 Å². The summed E-state index contributed by atoms with van der Waals surface area (Å²) in [5, 5.41) is 1.71. The molecule has 0 saturated heterocycles. The van der Waals surface area contributed by atoms with Gasteiger partial charge in [0.2, 0.25) is 0 Å². The molecule has 3 aromatic rings. The highest BCUT2D eigenvalue weighted by Gasteiger charge is 2.24. The summed E-state index contributed by atoms with van der Waals surface area (Å²) in [6.45, 7) is 10.2. The van der Waals surface area contributed by atoms with Crippen LogP contribution in [-0.2, 0) is 19.4 Å². The first kappa shape index (κ1) is 19.7. The lowest BCUT2D eigenvalue weighted by molar-refractivity contribution is 0.323. The van der Waals surface area contributed by atoms with Crippen LogP contribution in [0, 0.1) is 0 Å². The molecule has 0 unspecified atom stereocenters. The molecule has 0 spiro atoms. The Kier molecular flexibility index (Phi) is 5.90. The van der Waals surface area contributed by atoms with E-state index in [0.717, 1.165) is 53.6 Å². The Morgan fingerprint density at radius 2 is 1.96 bits per heavy atom. The normalized spacial score (nSPS) is 13.1. The first-order chi connectivity index (χ1) is 13.7. The van der Waals surface area contributed by atoms with Crippen LogP contribution in [0.15, 0.2) is 34.2 Å². The SMILES string of the molecule is CCN(CC)CCSc1nc2sc3c(c2c(=O)n1CC)CCc1ccccc1-3. The van der Waals surface area contributed by atoms with Crippen LogP contribution in [0.25, 0.3) is 20.7 Å². The summed E-state index contributed by atoms with van der Waals surface area (Å²) in [4.78, 5) is 22.9. The van der Waals surface area contributed by atoms with E-state index in [1.165, 1.54) is 21.6 Å². The summed E-state index contributed by atoms with van der Waals surface area (Å²) in [6, 6.07) is 8.57. The summed E-state index contributed by atoms with van der Waals surface area (Å²) < 4.78 is 1.86. The highest BCUT2D eigenvalue weighted by atomic mass is 32.2. The number of aryl methyl sites for hydroxylation is 2. The lowest BCUT2D eigenvalue weighted by atomic mass is 9.90. The number of thioether (sulfide) groups is 1. The summed E-state index contributed by atoms with van der Waals surface area (Å²) in [5.74, 6) is 0.952. The van der Waals surface area contributed by atoms with Crippen molar-refractivity contribution in [2.45, 2.75) is 45.3 Å². The fourth-order valence-corrected chi connectivity index (χ4v) is 6.38. The van der Waals surface area contributed by atoms with Gasteiger partial charge in [0, 0.05) is 23.7 Å². The van der Waals surface area contributed by atoms with E-state index in [2.05, 4.69) is 43.0 Å². The van der Waals surface area contributed by atoms with Crippen LogP contribution < -0.4 is 5.56 Å². The van der Waals surface area contributed by atoms with Crippen molar-refractivity contribution in [2.24, 2.45) is 0 Å². The molecule has 1 aromatic carbocycles. The minimum Gasteiger partial charge on any atom is -0.303 e. The minimum absolute atomic E-state index is 0.134. The van der Waals surface area contributed by atoms with Crippen LogP contribution in [0.1, 0.15) is 31.9 Å². The zero-order chi connectivity index (χ0) is 19.7. The van der Waals surface area contributed by atoms with Gasteiger partial charge in [0.05, 0.1) is 5.39 Å². The Hall–Kier alpha value is -1.63. The summed E-state index contributed by atoms with van der Waals surface area (Å²) in [7, 11) is 0. The smallest absolute Gasteiger partial charge is 0.263 e. The fraction of sp³-hybridized carbons (Fsp3) is 0.455. The predicted molar refractivity (Wildman–Crippen MR) is 121 cm³/mol. The Balaban J connectivity index is 1.75. The highest BCUT2D eigenvalue weighted by Crippen LogP contribution is 2.42. The number of hydrogen-bond acceptors (Lipinski definition) is 5. The average molecular weight is 414 g/mol. The molecule has 1 aliphatic rings. The van der Waals surface area contributed by atoms with E-state index in [0.29, 0.717) is 6.54 Å². The molecule has 4 rings (SSSR count). The van der Waals surface area contributed by atoms with Crippen molar-refractivity contribution < 1.29 is 0 Å². The molecule has 148 valence electrons. The molecule has 0 atom stereocenters. The number of hydrogen-bond donors (Lipinski definition) is 0. The second-order valence-electron chi connectivity index (χ2n) is 7.07. The molecule has 28 heavy (non-hydrogen) atoms. The van der Waals surface area contributed by atoms with Gasteiger partial charge < -0.3 is 4.90 Å². The van der Waals surface area contributed by atoms with Crippen LogP contribution >= 0.6 is 23.1 Å². The number of aromatic nitrogens is 2. The van der Waals surface area contributed by atoms with Gasteiger partial charge >= 0.3 is 0 Å². The van der Waals surface area contributed by atoms with Crippen molar-refractivity contribution in [3.05, 3.63) is 45.7 Å². The second-order valence-corrected chi connectivity index (χ2v) is 9.13. The molecule has 0 aliphatic heterocycles. The van der Waals surface area contributed by atoms with Gasteiger partial charge in [-0.05, 0) is 49.5 Å². The van der Waals surface area contributed by atoms with E-state index < -0.39 is 0 Å². The molecule has 0 N–H and O–H groups in total. The number of rotatable bonds is 7. The van der Waals surface area contributed by atoms with E-state index in [-0.39, 0.29) is 5.56 Å². The summed E-state index contributed by atoms with van der Waals surface area (Å²) in [6.07, 6.45) is 1.93. The molecule has 0 radical (unpaired) electrons. The van der Waals surface area contributed by atoms with Gasteiger partial charge in [-0.1, -0.05) is 49.9 Å². The molecule has 2 aromatic heterocycles. The number of fused-ring (bicyclic) bond motifs is 5. The zero-order valence-corrected chi connectivity index (χ0v) is 18.5. The van der Waals surface area contributed by atoms with E-state index in [4.69, 9.17) is 4.98 Å². The number of thiophene rings is 1. The van der Waals surface area contributed by atoms with Gasteiger partial charge in [-0.25, -0.2) is 4.98 Å². The van der Waals surface area contributed by atoms with E-state index in [9.17, 15) is 4.79 Å². The van der Waals surface area contributed by atoms with Gasteiger partial charge in [0.1, 0.15) is 4.83 Å². The Labute approximate surface area is 174 Å². The van der Waals surface area contributed by atoms with Crippen LogP contribution in [0.5, 0.6) is 0 Å². The van der Waals surface area contributed by atoms with Gasteiger partial charge in [-0.2, -0.15) is 0 Å². The summed E-state index contributed by atoms with van der Waals surface area (Å²) >= 11 is 3.40. The molecule has 0 fully saturated rings. The van der Waals surface area contributed by atoms with Gasteiger partial charge in [-0.15, -0.1) is 11.3 Å². The maximum atomic E-state index is 13.3. The number of nitrogens with zero attached hydrogens (tertiary/aromatic N) is 3. The van der Waals surface area contributed by atoms with Gasteiger partial charge in [-0.3, -0.25) is 9.36 Å². The van der Waals surface area contributed by atoms with Crippen molar-refractivity contribution >= 4 is 33.3 Å². The molecule has 0 amide bonds. The zero-order valence-electron chi connectivity index (χ0n) is 16.8. The van der Waals surface area contributed by atoms with Crippen LogP contribution in [0.4, 0.5) is 0 Å². The standard InChI is InChI=1S/C22H27N3OS2/c1-4-24(5-2)13-14-27-22-23-20-18(21(26)25(22)6-3)17-12-11-15-9-7-8-10-16(15)19(17)28-20/h7-10H,4-6,11-14H2,1-3H3.